The number of rotatable bonds is 4. The number of amides is 1. The summed E-state index contributed by atoms with van der Waals surface area (Å²) in [7, 11) is 3.95. The van der Waals surface area contributed by atoms with Gasteiger partial charge in [-0.1, -0.05) is 6.07 Å². The highest BCUT2D eigenvalue weighted by molar-refractivity contribution is 7.12. The number of aromatic amines is 1. The van der Waals surface area contributed by atoms with Crippen LogP contribution in [0, 0.1) is 0 Å². The van der Waals surface area contributed by atoms with Crippen molar-refractivity contribution in [1.29, 1.82) is 0 Å². The van der Waals surface area contributed by atoms with E-state index in [1.165, 1.54) is 11.3 Å². The van der Waals surface area contributed by atoms with Crippen molar-refractivity contribution in [1.82, 2.24) is 15.1 Å². The minimum Gasteiger partial charge on any atom is -0.304 e. The third kappa shape index (κ3) is 3.15. The maximum atomic E-state index is 11.7. The Balaban J connectivity index is 1.99. The van der Waals surface area contributed by atoms with Gasteiger partial charge in [0.25, 0.3) is 5.91 Å². The van der Waals surface area contributed by atoms with E-state index in [4.69, 9.17) is 0 Å². The molecule has 0 saturated heterocycles. The van der Waals surface area contributed by atoms with Gasteiger partial charge in [-0.15, -0.1) is 11.3 Å². The van der Waals surface area contributed by atoms with Crippen molar-refractivity contribution in [3.63, 3.8) is 0 Å². The third-order valence-electron chi connectivity index (χ3n) is 2.10. The number of carbonyl (C=O) groups excluding carboxylic acids is 1. The van der Waals surface area contributed by atoms with Gasteiger partial charge in [-0.3, -0.25) is 9.89 Å². The van der Waals surface area contributed by atoms with E-state index in [0.29, 0.717) is 10.7 Å². The summed E-state index contributed by atoms with van der Waals surface area (Å²) >= 11 is 1.41. The number of thiophene rings is 1. The Kier molecular flexibility index (Phi) is 3.55. The second-order valence-electron chi connectivity index (χ2n) is 3.95. The van der Waals surface area contributed by atoms with Crippen LogP contribution in [-0.2, 0) is 6.54 Å². The van der Waals surface area contributed by atoms with Gasteiger partial charge < -0.3 is 10.2 Å². The molecule has 0 radical (unpaired) electrons. The summed E-state index contributed by atoms with van der Waals surface area (Å²) in [4.78, 5) is 14.5. The maximum absolute atomic E-state index is 11.7. The molecule has 0 aliphatic rings. The molecule has 6 heteroatoms. The SMILES string of the molecule is CN(C)Cc1cc(NC(=O)c2cccs2)n[nH]1. The highest BCUT2D eigenvalue weighted by atomic mass is 32.1. The molecule has 2 rings (SSSR count). The monoisotopic (exact) mass is 250 g/mol. The average molecular weight is 250 g/mol. The fourth-order valence-electron chi connectivity index (χ4n) is 1.43. The van der Waals surface area contributed by atoms with E-state index in [-0.39, 0.29) is 5.91 Å². The summed E-state index contributed by atoms with van der Waals surface area (Å²) in [5.74, 6) is 0.433. The molecule has 0 fully saturated rings. The summed E-state index contributed by atoms with van der Waals surface area (Å²) < 4.78 is 0. The molecule has 5 nitrogen and oxygen atoms in total. The zero-order valence-electron chi connectivity index (χ0n) is 9.73. The van der Waals surface area contributed by atoms with Crippen LogP contribution in [0.2, 0.25) is 0 Å². The lowest BCUT2D eigenvalue weighted by atomic mass is 10.4. The van der Waals surface area contributed by atoms with Gasteiger partial charge in [-0.2, -0.15) is 5.10 Å². The molecule has 0 saturated carbocycles. The van der Waals surface area contributed by atoms with Gasteiger partial charge in [0.15, 0.2) is 5.82 Å². The van der Waals surface area contributed by atoms with Crippen LogP contribution in [0.15, 0.2) is 23.6 Å². The molecule has 0 bridgehead atoms. The average Bonchev–Trinajstić information content (AvgIpc) is 2.87. The fourth-order valence-corrected chi connectivity index (χ4v) is 2.05. The van der Waals surface area contributed by atoms with Gasteiger partial charge in [0.2, 0.25) is 0 Å². The van der Waals surface area contributed by atoms with Crippen molar-refractivity contribution in [3.05, 3.63) is 34.2 Å². The molecular weight excluding hydrogens is 236 g/mol. The topological polar surface area (TPSA) is 61.0 Å². The first-order valence-corrected chi connectivity index (χ1v) is 6.07. The molecular formula is C11H14N4OS. The van der Waals surface area contributed by atoms with Crippen molar-refractivity contribution in [2.24, 2.45) is 0 Å². The molecule has 0 spiro atoms. The Labute approximate surface area is 103 Å². The highest BCUT2D eigenvalue weighted by Gasteiger charge is 2.09. The zero-order chi connectivity index (χ0) is 12.3. The lowest BCUT2D eigenvalue weighted by Crippen LogP contribution is -2.11. The zero-order valence-corrected chi connectivity index (χ0v) is 10.5. The van der Waals surface area contributed by atoms with Crippen LogP contribution in [-0.4, -0.2) is 35.1 Å². The quantitative estimate of drug-likeness (QED) is 0.869. The first-order chi connectivity index (χ1) is 8.15. The normalized spacial score (nSPS) is 10.8. The van der Waals surface area contributed by atoms with Gasteiger partial charge >= 0.3 is 0 Å². The number of aromatic nitrogens is 2. The van der Waals surface area contributed by atoms with Gasteiger partial charge in [-0.25, -0.2) is 0 Å². The first-order valence-electron chi connectivity index (χ1n) is 5.19. The van der Waals surface area contributed by atoms with E-state index >= 15 is 0 Å². The number of carbonyl (C=O) groups is 1. The van der Waals surface area contributed by atoms with E-state index < -0.39 is 0 Å². The largest absolute Gasteiger partial charge is 0.304 e. The van der Waals surface area contributed by atoms with Gasteiger partial charge in [-0.05, 0) is 25.5 Å². The summed E-state index contributed by atoms with van der Waals surface area (Å²) in [6.45, 7) is 0.766. The van der Waals surface area contributed by atoms with E-state index in [1.807, 2.05) is 36.5 Å². The Morgan fingerprint density at radius 3 is 3.06 bits per heavy atom. The summed E-state index contributed by atoms with van der Waals surface area (Å²) in [5, 5.41) is 11.5. The van der Waals surface area contributed by atoms with Crippen LogP contribution in [0.3, 0.4) is 0 Å². The first kappa shape index (κ1) is 11.8. The summed E-state index contributed by atoms with van der Waals surface area (Å²) in [6, 6.07) is 5.47. The van der Waals surface area contributed by atoms with Crippen molar-refractivity contribution < 1.29 is 4.79 Å². The number of anilines is 1. The van der Waals surface area contributed by atoms with Crippen LogP contribution in [0.1, 0.15) is 15.4 Å². The van der Waals surface area contributed by atoms with Gasteiger partial charge in [0, 0.05) is 12.6 Å². The Hall–Kier alpha value is -1.66. The summed E-state index contributed by atoms with van der Waals surface area (Å²) in [6.07, 6.45) is 0. The third-order valence-corrected chi connectivity index (χ3v) is 2.97. The molecule has 0 aliphatic carbocycles. The number of nitrogens with one attached hydrogen (secondary N) is 2. The van der Waals surface area contributed by atoms with Crippen LogP contribution >= 0.6 is 11.3 Å². The van der Waals surface area contributed by atoms with Crippen LogP contribution in [0.4, 0.5) is 5.82 Å². The highest BCUT2D eigenvalue weighted by Crippen LogP contribution is 2.12. The molecule has 0 unspecified atom stereocenters. The van der Waals surface area contributed by atoms with Gasteiger partial charge in [0.1, 0.15) is 0 Å². The predicted molar refractivity (Wildman–Crippen MR) is 68.3 cm³/mol. The Morgan fingerprint density at radius 2 is 2.41 bits per heavy atom. The fraction of sp³-hybridized carbons (Fsp3) is 0.273. The summed E-state index contributed by atoms with van der Waals surface area (Å²) in [5.41, 5.74) is 0.969. The van der Waals surface area contributed by atoms with Crippen molar-refractivity contribution in [2.45, 2.75) is 6.54 Å². The molecule has 90 valence electrons. The van der Waals surface area contributed by atoms with E-state index in [2.05, 4.69) is 15.5 Å². The number of hydrogen-bond acceptors (Lipinski definition) is 4. The number of hydrogen-bond donors (Lipinski definition) is 2. The van der Waals surface area contributed by atoms with Crippen LogP contribution in [0.5, 0.6) is 0 Å². The second kappa shape index (κ2) is 5.11. The molecule has 2 aromatic rings. The van der Waals surface area contributed by atoms with E-state index in [9.17, 15) is 4.79 Å². The molecule has 2 heterocycles. The Morgan fingerprint density at radius 1 is 1.59 bits per heavy atom. The van der Waals surface area contributed by atoms with E-state index in [1.54, 1.807) is 6.07 Å². The molecule has 2 N–H and O–H groups in total. The molecule has 0 aliphatic heterocycles. The van der Waals surface area contributed by atoms with E-state index in [0.717, 1.165) is 12.2 Å². The van der Waals surface area contributed by atoms with Crippen LogP contribution in [0.25, 0.3) is 0 Å². The standard InChI is InChI=1S/C11H14N4OS/c1-15(2)7-8-6-10(14-13-8)12-11(16)9-4-3-5-17-9/h3-6H,7H2,1-2H3,(H2,12,13,14,16). The van der Waals surface area contributed by atoms with Gasteiger partial charge in [0.05, 0.1) is 10.6 Å². The lowest BCUT2D eigenvalue weighted by Gasteiger charge is -2.05. The minimum absolute atomic E-state index is 0.122. The molecule has 17 heavy (non-hydrogen) atoms. The molecule has 0 atom stereocenters. The predicted octanol–water partition coefficient (Wildman–Crippen LogP) is 1.79. The van der Waals surface area contributed by atoms with Crippen molar-refractivity contribution in [3.8, 4) is 0 Å². The van der Waals surface area contributed by atoms with Crippen molar-refractivity contribution in [2.75, 3.05) is 19.4 Å². The lowest BCUT2D eigenvalue weighted by molar-refractivity contribution is 0.103. The maximum Gasteiger partial charge on any atom is 0.266 e. The minimum atomic E-state index is -0.122. The van der Waals surface area contributed by atoms with Crippen LogP contribution < -0.4 is 5.32 Å². The number of H-pyrrole nitrogens is 1. The second-order valence-corrected chi connectivity index (χ2v) is 4.90. The smallest absolute Gasteiger partial charge is 0.266 e. The number of nitrogens with zero attached hydrogens (tertiary/aromatic N) is 2. The molecule has 0 aromatic carbocycles. The van der Waals surface area contributed by atoms with Crippen molar-refractivity contribution >= 4 is 23.1 Å². The molecule has 2 aromatic heterocycles. The molecule has 1 amide bonds. The Bertz CT molecular complexity index is 489.